The van der Waals surface area contributed by atoms with Gasteiger partial charge in [-0.2, -0.15) is 0 Å². The van der Waals surface area contributed by atoms with Crippen LogP contribution in [0.2, 0.25) is 0 Å². The van der Waals surface area contributed by atoms with Gasteiger partial charge in [0.15, 0.2) is 0 Å². The minimum absolute atomic E-state index is 0.0750. The van der Waals surface area contributed by atoms with Crippen LogP contribution in [-0.4, -0.2) is 48.1 Å². The van der Waals surface area contributed by atoms with Crippen molar-refractivity contribution in [1.29, 1.82) is 0 Å². The molecule has 5 nitrogen and oxygen atoms in total. The van der Waals surface area contributed by atoms with E-state index in [9.17, 15) is 18.4 Å². The normalized spacial score (nSPS) is 24.9. The molecule has 0 aromatic heterocycles. The number of hydrogen-bond donors (Lipinski definition) is 2. The van der Waals surface area contributed by atoms with Gasteiger partial charge < -0.3 is 15.3 Å². The van der Waals surface area contributed by atoms with Crippen molar-refractivity contribution in [2.24, 2.45) is 11.8 Å². The summed E-state index contributed by atoms with van der Waals surface area (Å²) >= 11 is 0. The van der Waals surface area contributed by atoms with Crippen molar-refractivity contribution in [3.63, 3.8) is 0 Å². The Morgan fingerprint density at radius 1 is 1.50 bits per heavy atom. The first-order valence-corrected chi connectivity index (χ1v) is 4.95. The number of carbonyl (C=O) groups excluding carboxylic acids is 1. The summed E-state index contributed by atoms with van der Waals surface area (Å²) in [4.78, 5) is 23.4. The Morgan fingerprint density at radius 2 is 2.12 bits per heavy atom. The van der Waals surface area contributed by atoms with Gasteiger partial charge in [0.25, 0.3) is 6.43 Å². The Bertz CT molecular complexity index is 286. The first kappa shape index (κ1) is 12.7. The molecule has 1 rings (SSSR count). The number of halogens is 2. The van der Waals surface area contributed by atoms with Crippen LogP contribution in [0, 0.1) is 11.8 Å². The van der Waals surface area contributed by atoms with Crippen LogP contribution >= 0.6 is 0 Å². The SMILES string of the molecule is CC1CN(C(=O)NCC(F)F)CC1C(=O)O. The molecule has 0 aliphatic carbocycles. The Kier molecular flexibility index (Phi) is 4.03. The molecule has 7 heteroatoms. The summed E-state index contributed by atoms with van der Waals surface area (Å²) in [6.45, 7) is 1.37. The largest absolute Gasteiger partial charge is 0.481 e. The van der Waals surface area contributed by atoms with E-state index >= 15 is 0 Å². The average Bonchev–Trinajstić information content (AvgIpc) is 2.56. The maximum Gasteiger partial charge on any atom is 0.317 e. The summed E-state index contributed by atoms with van der Waals surface area (Å²) in [6.07, 6.45) is -2.60. The maximum absolute atomic E-state index is 11.8. The van der Waals surface area contributed by atoms with E-state index in [2.05, 4.69) is 0 Å². The lowest BCUT2D eigenvalue weighted by atomic mass is 9.99. The highest BCUT2D eigenvalue weighted by atomic mass is 19.3. The molecule has 2 atom stereocenters. The van der Waals surface area contributed by atoms with E-state index in [1.807, 2.05) is 5.32 Å². The van der Waals surface area contributed by atoms with E-state index in [0.29, 0.717) is 0 Å². The van der Waals surface area contributed by atoms with Crippen molar-refractivity contribution in [1.82, 2.24) is 10.2 Å². The third-order valence-corrected chi connectivity index (χ3v) is 2.62. The van der Waals surface area contributed by atoms with Crippen LogP contribution in [-0.2, 0) is 4.79 Å². The number of carboxylic acid groups (broad SMARTS) is 1. The maximum atomic E-state index is 11.8. The Hall–Kier alpha value is -1.40. The summed E-state index contributed by atoms with van der Waals surface area (Å²) in [5, 5.41) is 10.9. The molecule has 0 aromatic rings. The zero-order valence-corrected chi connectivity index (χ0v) is 8.82. The van der Waals surface area contributed by atoms with E-state index in [1.165, 1.54) is 4.90 Å². The molecule has 1 aliphatic heterocycles. The number of hydrogen-bond acceptors (Lipinski definition) is 2. The number of amides is 2. The number of aliphatic carboxylic acids is 1. The lowest BCUT2D eigenvalue weighted by Gasteiger charge is -2.16. The standard InChI is InChI=1S/C9H14F2N2O3/c1-5-3-13(4-6(5)8(14)15)9(16)12-2-7(10)11/h5-7H,2-4H2,1H3,(H,12,16)(H,14,15). The topological polar surface area (TPSA) is 69.6 Å². The first-order valence-electron chi connectivity index (χ1n) is 4.95. The van der Waals surface area contributed by atoms with Gasteiger partial charge >= 0.3 is 12.0 Å². The van der Waals surface area contributed by atoms with Crippen LogP contribution in [0.3, 0.4) is 0 Å². The molecule has 0 spiro atoms. The van der Waals surface area contributed by atoms with Gasteiger partial charge in [0, 0.05) is 13.1 Å². The van der Waals surface area contributed by atoms with Crippen molar-refractivity contribution >= 4 is 12.0 Å². The molecule has 1 aliphatic rings. The van der Waals surface area contributed by atoms with Crippen LogP contribution in [0.5, 0.6) is 0 Å². The van der Waals surface area contributed by atoms with Gasteiger partial charge in [-0.25, -0.2) is 13.6 Å². The van der Waals surface area contributed by atoms with Crippen LogP contribution in [0.25, 0.3) is 0 Å². The molecule has 1 heterocycles. The fraction of sp³-hybridized carbons (Fsp3) is 0.778. The molecule has 16 heavy (non-hydrogen) atoms. The summed E-state index contributed by atoms with van der Waals surface area (Å²) in [7, 11) is 0. The number of likely N-dealkylation sites (tertiary alicyclic amines) is 1. The predicted molar refractivity (Wildman–Crippen MR) is 51.3 cm³/mol. The summed E-state index contributed by atoms with van der Waals surface area (Å²) in [5.41, 5.74) is 0. The second-order valence-corrected chi connectivity index (χ2v) is 3.90. The second kappa shape index (κ2) is 5.09. The lowest BCUT2D eigenvalue weighted by molar-refractivity contribution is -0.142. The van der Waals surface area contributed by atoms with Gasteiger partial charge in [0.2, 0.25) is 0 Å². The number of carbonyl (C=O) groups is 2. The van der Waals surface area contributed by atoms with Crippen molar-refractivity contribution < 1.29 is 23.5 Å². The summed E-state index contributed by atoms with van der Waals surface area (Å²) < 4.78 is 23.7. The zero-order valence-electron chi connectivity index (χ0n) is 8.82. The van der Waals surface area contributed by atoms with Crippen molar-refractivity contribution in [3.05, 3.63) is 0 Å². The second-order valence-electron chi connectivity index (χ2n) is 3.90. The molecule has 2 amide bonds. The van der Waals surface area contributed by atoms with Crippen molar-refractivity contribution in [2.45, 2.75) is 13.3 Å². The molecule has 1 fully saturated rings. The smallest absolute Gasteiger partial charge is 0.317 e. The van der Waals surface area contributed by atoms with E-state index in [-0.39, 0.29) is 19.0 Å². The molecule has 0 bridgehead atoms. The van der Waals surface area contributed by atoms with Gasteiger partial charge in [-0.15, -0.1) is 0 Å². The number of nitrogens with one attached hydrogen (secondary N) is 1. The minimum atomic E-state index is -2.60. The van der Waals surface area contributed by atoms with Crippen molar-refractivity contribution in [2.75, 3.05) is 19.6 Å². The van der Waals surface area contributed by atoms with Crippen molar-refractivity contribution in [3.8, 4) is 0 Å². The molecule has 2 N–H and O–H groups in total. The molecule has 92 valence electrons. The Morgan fingerprint density at radius 3 is 2.56 bits per heavy atom. The van der Waals surface area contributed by atoms with Crippen LogP contribution in [0.1, 0.15) is 6.92 Å². The van der Waals surface area contributed by atoms with Crippen LogP contribution < -0.4 is 5.32 Å². The zero-order chi connectivity index (χ0) is 12.3. The van der Waals surface area contributed by atoms with Crippen LogP contribution in [0.4, 0.5) is 13.6 Å². The van der Waals surface area contributed by atoms with Gasteiger partial charge in [0.1, 0.15) is 0 Å². The summed E-state index contributed by atoms with van der Waals surface area (Å²) in [5.74, 6) is -1.73. The molecule has 0 saturated carbocycles. The monoisotopic (exact) mass is 236 g/mol. The number of carboxylic acids is 1. The molecule has 0 aromatic carbocycles. The molecular formula is C9H14F2N2O3. The van der Waals surface area contributed by atoms with E-state index in [1.54, 1.807) is 6.92 Å². The number of rotatable bonds is 3. The van der Waals surface area contributed by atoms with Crippen LogP contribution in [0.15, 0.2) is 0 Å². The number of urea groups is 1. The van der Waals surface area contributed by atoms with Gasteiger partial charge in [0.05, 0.1) is 12.5 Å². The highest BCUT2D eigenvalue weighted by molar-refractivity contribution is 5.77. The van der Waals surface area contributed by atoms with E-state index in [0.717, 1.165) is 0 Å². The summed E-state index contributed by atoms with van der Waals surface area (Å²) in [6, 6.07) is -0.629. The minimum Gasteiger partial charge on any atom is -0.481 e. The molecule has 0 radical (unpaired) electrons. The molecule has 2 unspecified atom stereocenters. The Labute approximate surface area is 91.4 Å². The fourth-order valence-electron chi connectivity index (χ4n) is 1.73. The van der Waals surface area contributed by atoms with E-state index in [4.69, 9.17) is 5.11 Å². The first-order chi connectivity index (χ1) is 7.41. The van der Waals surface area contributed by atoms with Gasteiger partial charge in [-0.3, -0.25) is 4.79 Å². The van der Waals surface area contributed by atoms with E-state index < -0.39 is 30.9 Å². The predicted octanol–water partition coefficient (Wildman–Crippen LogP) is 0.614. The number of nitrogens with zero attached hydrogens (tertiary/aromatic N) is 1. The molecule has 1 saturated heterocycles. The molecular weight excluding hydrogens is 222 g/mol. The third-order valence-electron chi connectivity index (χ3n) is 2.62. The highest BCUT2D eigenvalue weighted by Gasteiger charge is 2.36. The highest BCUT2D eigenvalue weighted by Crippen LogP contribution is 2.22. The number of alkyl halides is 2. The van der Waals surface area contributed by atoms with Gasteiger partial charge in [-0.05, 0) is 5.92 Å². The average molecular weight is 236 g/mol. The Balaban J connectivity index is 2.45. The lowest BCUT2D eigenvalue weighted by Crippen LogP contribution is -2.40. The van der Waals surface area contributed by atoms with Gasteiger partial charge in [-0.1, -0.05) is 6.92 Å². The quantitative estimate of drug-likeness (QED) is 0.754. The third kappa shape index (κ3) is 3.04. The fourth-order valence-corrected chi connectivity index (χ4v) is 1.73.